The summed E-state index contributed by atoms with van der Waals surface area (Å²) in [6, 6.07) is 0. The molecule has 3 aliphatic rings. The molecule has 1 heteroatoms. The first-order valence-corrected chi connectivity index (χ1v) is 6.87. The number of allylic oxidation sites excluding steroid dienone is 1. The fourth-order valence-electron chi connectivity index (χ4n) is 5.59. The van der Waals surface area contributed by atoms with Crippen LogP contribution in [0.4, 0.5) is 0 Å². The van der Waals surface area contributed by atoms with E-state index in [0.29, 0.717) is 16.7 Å². The monoisotopic (exact) mass is 220 g/mol. The van der Waals surface area contributed by atoms with Crippen LogP contribution >= 0.6 is 0 Å². The minimum absolute atomic E-state index is 0.277. The van der Waals surface area contributed by atoms with Crippen molar-refractivity contribution in [3.05, 3.63) is 11.6 Å². The molecular weight excluding hydrogens is 196 g/mol. The van der Waals surface area contributed by atoms with Crippen molar-refractivity contribution < 1.29 is 5.11 Å². The van der Waals surface area contributed by atoms with Crippen molar-refractivity contribution in [1.82, 2.24) is 0 Å². The second-order valence-corrected chi connectivity index (χ2v) is 6.72. The van der Waals surface area contributed by atoms with Crippen LogP contribution in [0, 0.1) is 28.6 Å². The van der Waals surface area contributed by atoms with Crippen molar-refractivity contribution in [3.8, 4) is 0 Å². The average molecular weight is 220 g/mol. The van der Waals surface area contributed by atoms with Gasteiger partial charge in [-0.3, -0.25) is 0 Å². The molecular formula is C15H24O. The molecule has 0 aromatic heterocycles. The lowest BCUT2D eigenvalue weighted by molar-refractivity contribution is 0.0702. The van der Waals surface area contributed by atoms with Gasteiger partial charge in [0.15, 0.2) is 0 Å². The van der Waals surface area contributed by atoms with Crippen molar-refractivity contribution >= 4 is 0 Å². The molecule has 0 aliphatic heterocycles. The summed E-state index contributed by atoms with van der Waals surface area (Å²) in [5, 5.41) is 9.52. The molecule has 3 rings (SSSR count). The number of hydrogen-bond acceptors (Lipinski definition) is 1. The van der Waals surface area contributed by atoms with Crippen LogP contribution in [0.5, 0.6) is 0 Å². The summed E-state index contributed by atoms with van der Waals surface area (Å²) in [7, 11) is 0. The van der Waals surface area contributed by atoms with E-state index in [0.717, 1.165) is 11.8 Å². The smallest absolute Gasteiger partial charge is 0.0644 e. The Balaban J connectivity index is 2.08. The number of aliphatic hydroxyl groups excluding tert-OH is 1. The van der Waals surface area contributed by atoms with Crippen molar-refractivity contribution in [2.45, 2.75) is 46.5 Å². The molecule has 2 fully saturated rings. The molecule has 0 aromatic carbocycles. The van der Waals surface area contributed by atoms with Gasteiger partial charge >= 0.3 is 0 Å². The Kier molecular flexibility index (Phi) is 2.12. The maximum absolute atomic E-state index is 9.52. The van der Waals surface area contributed by atoms with Gasteiger partial charge in [-0.25, -0.2) is 0 Å². The molecule has 1 spiro atoms. The van der Waals surface area contributed by atoms with Crippen LogP contribution in [-0.2, 0) is 0 Å². The van der Waals surface area contributed by atoms with Crippen LogP contribution in [0.25, 0.3) is 0 Å². The lowest BCUT2D eigenvalue weighted by Crippen LogP contribution is -2.38. The van der Waals surface area contributed by atoms with E-state index in [2.05, 4.69) is 26.8 Å². The third kappa shape index (κ3) is 0.971. The van der Waals surface area contributed by atoms with E-state index in [1.807, 2.05) is 0 Å². The topological polar surface area (TPSA) is 20.2 Å². The van der Waals surface area contributed by atoms with Crippen LogP contribution in [0.15, 0.2) is 11.6 Å². The van der Waals surface area contributed by atoms with E-state index in [-0.39, 0.29) is 6.61 Å². The van der Waals surface area contributed by atoms with Crippen LogP contribution in [-0.4, -0.2) is 11.7 Å². The van der Waals surface area contributed by atoms with Gasteiger partial charge in [0.05, 0.1) is 6.61 Å². The highest BCUT2D eigenvalue weighted by Crippen LogP contribution is 2.73. The van der Waals surface area contributed by atoms with Gasteiger partial charge in [-0.15, -0.1) is 0 Å². The first kappa shape index (κ1) is 10.8. The lowest BCUT2D eigenvalue weighted by atomic mass is 9.61. The Labute approximate surface area is 98.9 Å². The molecule has 0 aromatic rings. The average Bonchev–Trinajstić information content (AvgIpc) is 2.80. The van der Waals surface area contributed by atoms with Crippen LogP contribution in [0.3, 0.4) is 0 Å². The Morgan fingerprint density at radius 3 is 2.75 bits per heavy atom. The minimum Gasteiger partial charge on any atom is -0.392 e. The Morgan fingerprint density at radius 1 is 1.31 bits per heavy atom. The Bertz CT molecular complexity index is 345. The largest absolute Gasteiger partial charge is 0.392 e. The molecule has 0 bridgehead atoms. The SMILES string of the molecule is C[C@@H]1CC[C@@]23[C@@H](C)C(CO)=C[C@]2(C)CC[C@@H]13. The maximum atomic E-state index is 9.52. The molecule has 0 heterocycles. The van der Waals surface area contributed by atoms with Gasteiger partial charge in [0, 0.05) is 0 Å². The second kappa shape index (κ2) is 3.13. The highest BCUT2D eigenvalue weighted by Gasteiger charge is 2.65. The van der Waals surface area contributed by atoms with E-state index in [1.165, 1.54) is 31.3 Å². The molecule has 5 atom stereocenters. The van der Waals surface area contributed by atoms with E-state index in [1.54, 1.807) is 0 Å². The molecule has 1 nitrogen and oxygen atoms in total. The molecule has 3 aliphatic carbocycles. The summed E-state index contributed by atoms with van der Waals surface area (Å²) >= 11 is 0. The summed E-state index contributed by atoms with van der Waals surface area (Å²) in [5.41, 5.74) is 2.21. The van der Waals surface area contributed by atoms with Crippen LogP contribution in [0.1, 0.15) is 46.5 Å². The zero-order chi connectivity index (χ0) is 11.6. The molecule has 0 amide bonds. The highest BCUT2D eigenvalue weighted by atomic mass is 16.3. The quantitative estimate of drug-likeness (QED) is 0.672. The molecule has 1 N–H and O–H groups in total. The minimum atomic E-state index is 0.277. The van der Waals surface area contributed by atoms with Gasteiger partial charge in [-0.2, -0.15) is 0 Å². The third-order valence-electron chi connectivity index (χ3n) is 6.42. The van der Waals surface area contributed by atoms with E-state index in [9.17, 15) is 5.11 Å². The van der Waals surface area contributed by atoms with Crippen LogP contribution < -0.4 is 0 Å². The zero-order valence-electron chi connectivity index (χ0n) is 10.8. The summed E-state index contributed by atoms with van der Waals surface area (Å²) in [6.07, 6.45) is 7.98. The first-order valence-electron chi connectivity index (χ1n) is 6.87. The molecule has 16 heavy (non-hydrogen) atoms. The second-order valence-electron chi connectivity index (χ2n) is 6.72. The highest BCUT2D eigenvalue weighted by molar-refractivity contribution is 5.32. The summed E-state index contributed by atoms with van der Waals surface area (Å²) < 4.78 is 0. The number of aliphatic hydroxyl groups is 1. The molecule has 0 radical (unpaired) electrons. The first-order chi connectivity index (χ1) is 7.55. The fraction of sp³-hybridized carbons (Fsp3) is 0.867. The summed E-state index contributed by atoms with van der Waals surface area (Å²) in [5.74, 6) is 2.42. The predicted octanol–water partition coefficient (Wildman–Crippen LogP) is 3.39. The van der Waals surface area contributed by atoms with Gasteiger partial charge in [0.1, 0.15) is 0 Å². The fourth-order valence-corrected chi connectivity index (χ4v) is 5.59. The predicted molar refractivity (Wildman–Crippen MR) is 66.0 cm³/mol. The van der Waals surface area contributed by atoms with Gasteiger partial charge in [0.2, 0.25) is 0 Å². The van der Waals surface area contributed by atoms with E-state index in [4.69, 9.17) is 0 Å². The third-order valence-corrected chi connectivity index (χ3v) is 6.42. The van der Waals surface area contributed by atoms with Gasteiger partial charge in [0.25, 0.3) is 0 Å². The van der Waals surface area contributed by atoms with Crippen molar-refractivity contribution in [3.63, 3.8) is 0 Å². The molecule has 90 valence electrons. The van der Waals surface area contributed by atoms with Crippen molar-refractivity contribution in [1.29, 1.82) is 0 Å². The lowest BCUT2D eigenvalue weighted by Gasteiger charge is -2.42. The van der Waals surface area contributed by atoms with E-state index >= 15 is 0 Å². The van der Waals surface area contributed by atoms with Gasteiger partial charge < -0.3 is 5.11 Å². The molecule has 0 unspecified atom stereocenters. The summed E-state index contributed by atoms with van der Waals surface area (Å²) in [4.78, 5) is 0. The Hall–Kier alpha value is -0.300. The summed E-state index contributed by atoms with van der Waals surface area (Å²) in [6.45, 7) is 7.53. The standard InChI is InChI=1S/C15H24O/c1-10-4-7-15-11(2)12(9-16)8-14(15,3)6-5-13(10)15/h8,10-11,13,16H,4-7,9H2,1-3H3/t10-,11+,13+,14+,15+/m1/s1. The molecule has 0 saturated heterocycles. The van der Waals surface area contributed by atoms with Crippen molar-refractivity contribution in [2.24, 2.45) is 28.6 Å². The zero-order valence-corrected chi connectivity index (χ0v) is 10.8. The molecule has 2 saturated carbocycles. The van der Waals surface area contributed by atoms with Gasteiger partial charge in [-0.1, -0.05) is 26.8 Å². The van der Waals surface area contributed by atoms with Gasteiger partial charge in [-0.05, 0) is 59.8 Å². The van der Waals surface area contributed by atoms with Crippen LogP contribution in [0.2, 0.25) is 0 Å². The maximum Gasteiger partial charge on any atom is 0.0644 e. The number of hydrogen-bond donors (Lipinski definition) is 1. The normalized spacial score (nSPS) is 55.0. The van der Waals surface area contributed by atoms with E-state index < -0.39 is 0 Å². The number of rotatable bonds is 1. The van der Waals surface area contributed by atoms with Crippen molar-refractivity contribution in [2.75, 3.05) is 6.61 Å². The Morgan fingerprint density at radius 2 is 2.06 bits per heavy atom.